The Labute approximate surface area is 173 Å². The number of sulfonamides is 1. The molecule has 0 radical (unpaired) electrons. The fourth-order valence-corrected chi connectivity index (χ4v) is 6.30. The van der Waals surface area contributed by atoms with Crippen molar-refractivity contribution in [2.75, 3.05) is 56.5 Å². The van der Waals surface area contributed by atoms with Crippen LogP contribution in [-0.2, 0) is 10.0 Å². The summed E-state index contributed by atoms with van der Waals surface area (Å²) in [5.41, 5.74) is 0.522. The summed E-state index contributed by atoms with van der Waals surface area (Å²) in [6.45, 7) is 6.64. The topological polar surface area (TPSA) is 65.0 Å². The largest absolute Gasteiger partial charge is 0.357 e. The number of halogens is 1. The van der Waals surface area contributed by atoms with E-state index in [-0.39, 0.29) is 29.7 Å². The average molecular weight is 502 g/mol. The molecule has 2 saturated heterocycles. The Kier molecular flexibility index (Phi) is 8.15. The quantitative estimate of drug-likeness (QED) is 0.353. The molecule has 6 nitrogen and oxygen atoms in total. The highest BCUT2D eigenvalue weighted by Gasteiger charge is 2.43. The Balaban J connectivity index is 0.00000225. The molecule has 0 bridgehead atoms. The number of rotatable bonds is 5. The van der Waals surface area contributed by atoms with E-state index in [0.29, 0.717) is 25.0 Å². The first-order valence-corrected chi connectivity index (χ1v) is 11.9. The molecule has 0 aromatic heterocycles. The SMILES string of the molecule is CCNC(=NCCS(=O)(=O)N1CCSCC1)N1CCC2(CCC2)C1.I. The number of nitrogens with one attached hydrogen (secondary N) is 1. The van der Waals surface area contributed by atoms with E-state index in [1.165, 1.54) is 25.7 Å². The molecule has 0 aromatic carbocycles. The molecule has 1 spiro atoms. The highest BCUT2D eigenvalue weighted by molar-refractivity contribution is 14.0. The molecule has 3 aliphatic rings. The van der Waals surface area contributed by atoms with Gasteiger partial charge in [-0.05, 0) is 31.6 Å². The summed E-state index contributed by atoms with van der Waals surface area (Å²) in [6.07, 6.45) is 5.28. The second kappa shape index (κ2) is 9.45. The molecule has 146 valence electrons. The van der Waals surface area contributed by atoms with Gasteiger partial charge < -0.3 is 10.2 Å². The van der Waals surface area contributed by atoms with E-state index in [4.69, 9.17) is 0 Å². The molecule has 0 aromatic rings. The number of thioether (sulfide) groups is 1. The number of likely N-dealkylation sites (tertiary alicyclic amines) is 1. The third kappa shape index (κ3) is 5.38. The maximum absolute atomic E-state index is 12.4. The van der Waals surface area contributed by atoms with Crippen molar-refractivity contribution in [2.45, 2.75) is 32.6 Å². The number of guanidine groups is 1. The number of aliphatic imine (C=N–C) groups is 1. The zero-order valence-electron chi connectivity index (χ0n) is 15.1. The van der Waals surface area contributed by atoms with Crippen molar-refractivity contribution in [2.24, 2.45) is 10.4 Å². The minimum absolute atomic E-state index is 0. The van der Waals surface area contributed by atoms with Gasteiger partial charge in [0.2, 0.25) is 10.0 Å². The number of hydrogen-bond donors (Lipinski definition) is 1. The highest BCUT2D eigenvalue weighted by atomic mass is 127. The zero-order chi connectivity index (χ0) is 17.0. The van der Waals surface area contributed by atoms with Crippen molar-refractivity contribution in [3.63, 3.8) is 0 Å². The molecule has 2 heterocycles. The summed E-state index contributed by atoms with van der Waals surface area (Å²) in [6, 6.07) is 0. The summed E-state index contributed by atoms with van der Waals surface area (Å²) in [4.78, 5) is 6.95. The second-order valence-corrected chi connectivity index (χ2v) is 10.4. The molecule has 1 saturated carbocycles. The van der Waals surface area contributed by atoms with Crippen molar-refractivity contribution in [3.8, 4) is 0 Å². The minimum atomic E-state index is -3.17. The lowest BCUT2D eigenvalue weighted by Crippen LogP contribution is -2.43. The predicted molar refractivity (Wildman–Crippen MR) is 117 cm³/mol. The van der Waals surface area contributed by atoms with E-state index >= 15 is 0 Å². The minimum Gasteiger partial charge on any atom is -0.357 e. The van der Waals surface area contributed by atoms with Crippen LogP contribution in [0.3, 0.4) is 0 Å². The van der Waals surface area contributed by atoms with E-state index in [2.05, 4.69) is 22.1 Å². The predicted octanol–water partition coefficient (Wildman–Crippen LogP) is 1.82. The first kappa shape index (κ1) is 21.6. The Morgan fingerprint density at radius 2 is 1.92 bits per heavy atom. The normalized spacial score (nSPS) is 24.0. The molecule has 1 aliphatic carbocycles. The number of hydrogen-bond acceptors (Lipinski definition) is 4. The Morgan fingerprint density at radius 1 is 1.20 bits per heavy atom. The maximum Gasteiger partial charge on any atom is 0.215 e. The van der Waals surface area contributed by atoms with Crippen LogP contribution in [0.4, 0.5) is 0 Å². The average Bonchev–Trinajstić information content (AvgIpc) is 3.01. The molecule has 25 heavy (non-hydrogen) atoms. The zero-order valence-corrected chi connectivity index (χ0v) is 19.0. The van der Waals surface area contributed by atoms with Gasteiger partial charge in [-0.3, -0.25) is 4.99 Å². The highest BCUT2D eigenvalue weighted by Crippen LogP contribution is 2.47. The lowest BCUT2D eigenvalue weighted by molar-refractivity contribution is 0.151. The number of nitrogens with zero attached hydrogens (tertiary/aromatic N) is 3. The van der Waals surface area contributed by atoms with E-state index in [1.807, 2.05) is 11.8 Å². The summed E-state index contributed by atoms with van der Waals surface area (Å²) in [5, 5.41) is 3.34. The van der Waals surface area contributed by atoms with Gasteiger partial charge in [0.25, 0.3) is 0 Å². The van der Waals surface area contributed by atoms with Crippen LogP contribution in [0.2, 0.25) is 0 Å². The summed E-state index contributed by atoms with van der Waals surface area (Å²) < 4.78 is 26.5. The molecule has 0 unspecified atom stereocenters. The van der Waals surface area contributed by atoms with Crippen molar-refractivity contribution >= 4 is 51.7 Å². The van der Waals surface area contributed by atoms with Crippen LogP contribution in [0, 0.1) is 5.41 Å². The van der Waals surface area contributed by atoms with Crippen molar-refractivity contribution in [1.29, 1.82) is 0 Å². The molecule has 0 atom stereocenters. The van der Waals surface area contributed by atoms with Gasteiger partial charge in [-0.2, -0.15) is 11.8 Å². The first-order chi connectivity index (χ1) is 11.5. The molecular formula is C16H31IN4O2S2. The molecule has 9 heteroatoms. The fourth-order valence-electron chi connectivity index (χ4n) is 3.85. The summed E-state index contributed by atoms with van der Waals surface area (Å²) >= 11 is 1.82. The summed E-state index contributed by atoms with van der Waals surface area (Å²) in [5.74, 6) is 2.82. The van der Waals surface area contributed by atoms with Crippen molar-refractivity contribution in [1.82, 2.24) is 14.5 Å². The summed E-state index contributed by atoms with van der Waals surface area (Å²) in [7, 11) is -3.17. The standard InChI is InChI=1S/C16H30N4O2S2.HI/c1-2-17-15(19-8-6-16(14-19)4-3-5-16)18-7-13-24(21,22)20-9-11-23-12-10-20;/h2-14H2,1H3,(H,17,18);1H. The van der Waals surface area contributed by atoms with Crippen LogP contribution in [0.15, 0.2) is 4.99 Å². The molecule has 1 N–H and O–H groups in total. The van der Waals surface area contributed by atoms with Crippen LogP contribution < -0.4 is 5.32 Å². The van der Waals surface area contributed by atoms with Crippen molar-refractivity contribution < 1.29 is 8.42 Å². The van der Waals surface area contributed by atoms with Gasteiger partial charge in [-0.1, -0.05) is 6.42 Å². The van der Waals surface area contributed by atoms with Gasteiger partial charge in [-0.15, -0.1) is 24.0 Å². The lowest BCUT2D eigenvalue weighted by atomic mass is 9.68. The van der Waals surface area contributed by atoms with Gasteiger partial charge in [0.05, 0.1) is 12.3 Å². The van der Waals surface area contributed by atoms with E-state index < -0.39 is 10.0 Å². The van der Waals surface area contributed by atoms with E-state index in [1.54, 1.807) is 4.31 Å². The third-order valence-electron chi connectivity index (χ3n) is 5.46. The Hall–Kier alpha value is 0.260. The van der Waals surface area contributed by atoms with E-state index in [0.717, 1.165) is 37.1 Å². The second-order valence-electron chi connectivity index (χ2n) is 7.09. The third-order valence-corrected chi connectivity index (χ3v) is 8.25. The maximum atomic E-state index is 12.4. The lowest BCUT2D eigenvalue weighted by Gasteiger charge is -2.38. The van der Waals surface area contributed by atoms with Crippen LogP contribution in [-0.4, -0.2) is 80.1 Å². The van der Waals surface area contributed by atoms with Gasteiger partial charge in [-0.25, -0.2) is 12.7 Å². The van der Waals surface area contributed by atoms with Gasteiger partial charge in [0.1, 0.15) is 0 Å². The van der Waals surface area contributed by atoms with Gasteiger partial charge in [0.15, 0.2) is 5.96 Å². The smallest absolute Gasteiger partial charge is 0.215 e. The first-order valence-electron chi connectivity index (χ1n) is 9.14. The van der Waals surface area contributed by atoms with Crippen molar-refractivity contribution in [3.05, 3.63) is 0 Å². The van der Waals surface area contributed by atoms with Gasteiger partial charge >= 0.3 is 0 Å². The molecule has 3 fully saturated rings. The van der Waals surface area contributed by atoms with Crippen LogP contribution in [0.1, 0.15) is 32.6 Å². The molecular weight excluding hydrogens is 471 g/mol. The Bertz CT molecular complexity index is 560. The van der Waals surface area contributed by atoms with Crippen LogP contribution in [0.25, 0.3) is 0 Å². The Morgan fingerprint density at radius 3 is 2.48 bits per heavy atom. The van der Waals surface area contributed by atoms with Crippen LogP contribution >= 0.6 is 35.7 Å². The molecule has 2 aliphatic heterocycles. The monoisotopic (exact) mass is 502 g/mol. The molecule has 3 rings (SSSR count). The van der Waals surface area contributed by atoms with E-state index in [9.17, 15) is 8.42 Å². The molecule has 0 amide bonds. The van der Waals surface area contributed by atoms with Gasteiger partial charge in [0, 0.05) is 44.2 Å². The fraction of sp³-hybridized carbons (Fsp3) is 0.938. The van der Waals surface area contributed by atoms with Crippen LogP contribution in [0.5, 0.6) is 0 Å².